The lowest BCUT2D eigenvalue weighted by Gasteiger charge is -2.17. The van der Waals surface area contributed by atoms with Gasteiger partial charge in [0.25, 0.3) is 0 Å². The molecule has 3 rings (SSSR count). The van der Waals surface area contributed by atoms with Gasteiger partial charge in [0.05, 0.1) is 12.1 Å². The van der Waals surface area contributed by atoms with Gasteiger partial charge in [-0.15, -0.1) is 0 Å². The van der Waals surface area contributed by atoms with Gasteiger partial charge in [-0.2, -0.15) is 0 Å². The maximum atomic E-state index is 12.3. The molecule has 2 aliphatic heterocycles. The molecule has 0 aliphatic carbocycles. The molecule has 2 atom stereocenters. The molecule has 2 saturated heterocycles. The molecular formula is C13H19N3O2. The fourth-order valence-electron chi connectivity index (χ4n) is 3.08. The third-order valence-corrected chi connectivity index (χ3v) is 4.25. The van der Waals surface area contributed by atoms with Crippen molar-refractivity contribution in [3.05, 3.63) is 17.0 Å². The summed E-state index contributed by atoms with van der Waals surface area (Å²) in [5.74, 6) is 2.28. The Kier molecular flexibility index (Phi) is 2.86. The Hall–Kier alpha value is -1.36. The molecule has 98 valence electrons. The van der Waals surface area contributed by atoms with E-state index in [0.29, 0.717) is 18.3 Å². The highest BCUT2D eigenvalue weighted by atomic mass is 16.5. The van der Waals surface area contributed by atoms with E-state index in [9.17, 15) is 4.79 Å². The number of rotatable bonds is 2. The van der Waals surface area contributed by atoms with Crippen LogP contribution in [-0.2, 0) is 11.2 Å². The van der Waals surface area contributed by atoms with Crippen molar-refractivity contribution in [3.63, 3.8) is 0 Å². The fraction of sp³-hybridized carbons (Fsp3) is 0.692. The predicted octanol–water partition coefficient (Wildman–Crippen LogP) is 0.512. The molecule has 1 N–H and O–H groups in total. The minimum atomic E-state index is 0.207. The van der Waals surface area contributed by atoms with Crippen LogP contribution in [0.15, 0.2) is 4.52 Å². The van der Waals surface area contributed by atoms with Gasteiger partial charge < -0.3 is 14.7 Å². The first-order chi connectivity index (χ1) is 8.65. The Bertz CT molecular complexity index is 437. The number of hydrogen-bond donors (Lipinski definition) is 1. The highest BCUT2D eigenvalue weighted by molar-refractivity contribution is 5.79. The minimum absolute atomic E-state index is 0.207. The smallest absolute Gasteiger partial charge is 0.227 e. The molecule has 0 bridgehead atoms. The Labute approximate surface area is 107 Å². The van der Waals surface area contributed by atoms with Crippen LogP contribution in [0.5, 0.6) is 0 Å². The normalized spacial score (nSPS) is 26.7. The van der Waals surface area contributed by atoms with Gasteiger partial charge in [0, 0.05) is 31.7 Å². The van der Waals surface area contributed by atoms with E-state index in [1.165, 1.54) is 0 Å². The quantitative estimate of drug-likeness (QED) is 0.830. The average Bonchev–Trinajstić information content (AvgIpc) is 2.98. The predicted molar refractivity (Wildman–Crippen MR) is 66.1 cm³/mol. The van der Waals surface area contributed by atoms with Crippen LogP contribution in [0.4, 0.5) is 0 Å². The van der Waals surface area contributed by atoms with E-state index >= 15 is 0 Å². The van der Waals surface area contributed by atoms with Crippen molar-refractivity contribution < 1.29 is 9.32 Å². The van der Waals surface area contributed by atoms with Crippen molar-refractivity contribution in [2.45, 2.75) is 20.3 Å². The van der Waals surface area contributed by atoms with Crippen molar-refractivity contribution >= 4 is 5.91 Å². The van der Waals surface area contributed by atoms with Gasteiger partial charge in [-0.3, -0.25) is 4.79 Å². The molecule has 1 aromatic heterocycles. The number of carbonyl (C=O) groups excluding carboxylic acids is 1. The van der Waals surface area contributed by atoms with Crippen molar-refractivity contribution in [1.82, 2.24) is 15.4 Å². The van der Waals surface area contributed by atoms with E-state index in [0.717, 1.165) is 43.2 Å². The van der Waals surface area contributed by atoms with Gasteiger partial charge in [-0.1, -0.05) is 5.16 Å². The van der Waals surface area contributed by atoms with Gasteiger partial charge in [0.2, 0.25) is 5.91 Å². The first-order valence-electron chi connectivity index (χ1n) is 6.55. The summed E-state index contributed by atoms with van der Waals surface area (Å²) in [6.07, 6.45) is 0.425. The minimum Gasteiger partial charge on any atom is -0.361 e. The molecule has 1 amide bonds. The average molecular weight is 249 g/mol. The Morgan fingerprint density at radius 3 is 2.61 bits per heavy atom. The highest BCUT2D eigenvalue weighted by Gasteiger charge is 2.38. The number of nitrogens with one attached hydrogen (secondary N) is 1. The zero-order chi connectivity index (χ0) is 12.7. The molecule has 2 aliphatic rings. The number of likely N-dealkylation sites (tertiary alicyclic amines) is 1. The summed E-state index contributed by atoms with van der Waals surface area (Å²) in [6, 6.07) is 0. The van der Waals surface area contributed by atoms with E-state index < -0.39 is 0 Å². The lowest BCUT2D eigenvalue weighted by Crippen LogP contribution is -2.33. The molecule has 18 heavy (non-hydrogen) atoms. The van der Waals surface area contributed by atoms with E-state index in [2.05, 4.69) is 10.5 Å². The SMILES string of the molecule is Cc1noc(C)c1CC(=O)N1CC2CNCC2C1. The fourth-order valence-corrected chi connectivity index (χ4v) is 3.08. The van der Waals surface area contributed by atoms with Crippen LogP contribution in [0.1, 0.15) is 17.0 Å². The van der Waals surface area contributed by atoms with Crippen molar-refractivity contribution in [2.24, 2.45) is 11.8 Å². The number of fused-ring (bicyclic) bond motifs is 1. The summed E-state index contributed by atoms with van der Waals surface area (Å²) >= 11 is 0. The number of amides is 1. The largest absolute Gasteiger partial charge is 0.361 e. The zero-order valence-electron chi connectivity index (χ0n) is 10.9. The third-order valence-electron chi connectivity index (χ3n) is 4.25. The summed E-state index contributed by atoms with van der Waals surface area (Å²) in [7, 11) is 0. The summed E-state index contributed by atoms with van der Waals surface area (Å²) in [5, 5.41) is 7.28. The van der Waals surface area contributed by atoms with Crippen LogP contribution in [0.3, 0.4) is 0 Å². The van der Waals surface area contributed by atoms with Crippen LogP contribution < -0.4 is 5.32 Å². The topological polar surface area (TPSA) is 58.4 Å². The molecular weight excluding hydrogens is 230 g/mol. The van der Waals surface area contributed by atoms with Crippen LogP contribution in [0.25, 0.3) is 0 Å². The Morgan fingerprint density at radius 1 is 1.39 bits per heavy atom. The summed E-state index contributed by atoms with van der Waals surface area (Å²) in [6.45, 7) is 7.67. The van der Waals surface area contributed by atoms with Gasteiger partial charge in [0.1, 0.15) is 5.76 Å². The molecule has 3 heterocycles. The van der Waals surface area contributed by atoms with E-state index in [4.69, 9.17) is 4.52 Å². The first-order valence-corrected chi connectivity index (χ1v) is 6.55. The number of hydrogen-bond acceptors (Lipinski definition) is 4. The van der Waals surface area contributed by atoms with Gasteiger partial charge in [-0.05, 0) is 25.7 Å². The summed E-state index contributed by atoms with van der Waals surface area (Å²) < 4.78 is 5.10. The maximum absolute atomic E-state index is 12.3. The Balaban J connectivity index is 1.66. The second-order valence-electron chi connectivity index (χ2n) is 5.46. The number of aromatic nitrogens is 1. The molecule has 1 aromatic rings. The second kappa shape index (κ2) is 4.39. The molecule has 5 nitrogen and oxygen atoms in total. The van der Waals surface area contributed by atoms with Crippen LogP contribution >= 0.6 is 0 Å². The molecule has 0 spiro atoms. The molecule has 0 saturated carbocycles. The molecule has 0 aromatic carbocycles. The Morgan fingerprint density at radius 2 is 2.06 bits per heavy atom. The standard InChI is InChI=1S/C13H19N3O2/c1-8-12(9(2)18-15-8)3-13(17)16-6-10-4-14-5-11(10)7-16/h10-11,14H,3-7H2,1-2H3. The number of aryl methyl sites for hydroxylation is 2. The van der Waals surface area contributed by atoms with Crippen LogP contribution in [0.2, 0.25) is 0 Å². The third kappa shape index (κ3) is 1.92. The molecule has 2 fully saturated rings. The lowest BCUT2D eigenvalue weighted by atomic mass is 10.0. The maximum Gasteiger partial charge on any atom is 0.227 e. The molecule has 0 radical (unpaired) electrons. The summed E-state index contributed by atoms with van der Waals surface area (Å²) in [5.41, 5.74) is 1.79. The van der Waals surface area contributed by atoms with Crippen LogP contribution in [-0.4, -0.2) is 42.1 Å². The first kappa shape index (κ1) is 11.7. The molecule has 5 heteroatoms. The van der Waals surface area contributed by atoms with Crippen molar-refractivity contribution in [3.8, 4) is 0 Å². The van der Waals surface area contributed by atoms with Crippen molar-refractivity contribution in [2.75, 3.05) is 26.2 Å². The van der Waals surface area contributed by atoms with Crippen LogP contribution in [0, 0.1) is 25.7 Å². The number of nitrogens with zero attached hydrogens (tertiary/aromatic N) is 2. The lowest BCUT2D eigenvalue weighted by molar-refractivity contribution is -0.129. The van der Waals surface area contributed by atoms with Gasteiger partial charge in [-0.25, -0.2) is 0 Å². The van der Waals surface area contributed by atoms with E-state index in [1.54, 1.807) is 0 Å². The van der Waals surface area contributed by atoms with Gasteiger partial charge in [0.15, 0.2) is 0 Å². The highest BCUT2D eigenvalue weighted by Crippen LogP contribution is 2.27. The monoisotopic (exact) mass is 249 g/mol. The number of carbonyl (C=O) groups is 1. The second-order valence-corrected chi connectivity index (χ2v) is 5.46. The van der Waals surface area contributed by atoms with E-state index in [-0.39, 0.29) is 5.91 Å². The zero-order valence-corrected chi connectivity index (χ0v) is 10.9. The van der Waals surface area contributed by atoms with Gasteiger partial charge >= 0.3 is 0 Å². The molecule has 2 unspecified atom stereocenters. The summed E-state index contributed by atoms with van der Waals surface area (Å²) in [4.78, 5) is 14.3. The van der Waals surface area contributed by atoms with Crippen molar-refractivity contribution in [1.29, 1.82) is 0 Å². The van der Waals surface area contributed by atoms with E-state index in [1.807, 2.05) is 18.7 Å².